The zero-order valence-corrected chi connectivity index (χ0v) is 25.1. The van der Waals surface area contributed by atoms with Crippen LogP contribution in [0.2, 0.25) is 5.02 Å². The van der Waals surface area contributed by atoms with Crippen molar-refractivity contribution in [1.29, 1.82) is 0 Å². The van der Waals surface area contributed by atoms with Crippen LogP contribution in [-0.2, 0) is 0 Å². The number of fused-ring (bicyclic) bond motifs is 4. The second-order valence-corrected chi connectivity index (χ2v) is 11.2. The van der Waals surface area contributed by atoms with Crippen molar-refractivity contribution >= 4 is 67.3 Å². The maximum Gasteiger partial charge on any atom is 0.343 e. The standard InChI is InChI=1S/C34H21BrClN3O5/c35-22-11-14-27(44-34(41)20-10-13-28-29(16-20)43-18-42-28)21(15-22)17-37-39-33(40)32-30(24-7-3-4-8-26(24)36)25-12-9-19-5-1-2-6-23(19)31(25)38-32/h1-17,38H,18H2,(H,39,40). The van der Waals surface area contributed by atoms with Gasteiger partial charge < -0.3 is 19.2 Å². The zero-order valence-electron chi connectivity index (χ0n) is 22.8. The van der Waals surface area contributed by atoms with E-state index in [4.69, 9.17) is 25.8 Å². The van der Waals surface area contributed by atoms with Crippen LogP contribution in [0.25, 0.3) is 32.8 Å². The van der Waals surface area contributed by atoms with E-state index in [2.05, 4.69) is 31.4 Å². The predicted octanol–water partition coefficient (Wildman–Crippen LogP) is 8.12. The number of H-pyrrole nitrogens is 1. The number of hydrazone groups is 1. The number of nitrogens with zero attached hydrogens (tertiary/aromatic N) is 1. The number of halogens is 2. The molecule has 10 heteroatoms. The molecule has 0 fully saturated rings. The van der Waals surface area contributed by atoms with Crippen molar-refractivity contribution in [3.05, 3.63) is 123 Å². The molecule has 216 valence electrons. The lowest BCUT2D eigenvalue weighted by molar-refractivity contribution is 0.0733. The van der Waals surface area contributed by atoms with Crippen LogP contribution in [0, 0.1) is 0 Å². The van der Waals surface area contributed by atoms with Gasteiger partial charge in [0.05, 0.1) is 17.3 Å². The molecule has 0 atom stereocenters. The van der Waals surface area contributed by atoms with Crippen molar-refractivity contribution in [3.8, 4) is 28.4 Å². The number of amides is 1. The van der Waals surface area contributed by atoms with Crippen LogP contribution in [0.3, 0.4) is 0 Å². The summed E-state index contributed by atoms with van der Waals surface area (Å²) in [5.41, 5.74) is 5.89. The number of esters is 1. The summed E-state index contributed by atoms with van der Waals surface area (Å²) in [7, 11) is 0. The second kappa shape index (κ2) is 11.5. The molecule has 0 bridgehead atoms. The van der Waals surface area contributed by atoms with Gasteiger partial charge in [0.25, 0.3) is 5.91 Å². The molecule has 2 heterocycles. The molecule has 6 aromatic rings. The highest BCUT2D eigenvalue weighted by atomic mass is 79.9. The van der Waals surface area contributed by atoms with Gasteiger partial charge >= 0.3 is 5.97 Å². The quantitative estimate of drug-likeness (QED) is 0.0809. The van der Waals surface area contributed by atoms with Crippen molar-refractivity contribution < 1.29 is 23.8 Å². The predicted molar refractivity (Wildman–Crippen MR) is 173 cm³/mol. The van der Waals surface area contributed by atoms with E-state index in [-0.39, 0.29) is 12.5 Å². The van der Waals surface area contributed by atoms with Crippen molar-refractivity contribution in [1.82, 2.24) is 10.4 Å². The number of nitrogens with one attached hydrogen (secondary N) is 2. The van der Waals surface area contributed by atoms with Crippen LogP contribution in [0.5, 0.6) is 17.2 Å². The molecule has 0 aliphatic carbocycles. The molecule has 5 aromatic carbocycles. The Bertz CT molecular complexity index is 2140. The minimum atomic E-state index is -0.584. The summed E-state index contributed by atoms with van der Waals surface area (Å²) in [6.45, 7) is 0.0991. The summed E-state index contributed by atoms with van der Waals surface area (Å²) in [6, 6.07) is 29.3. The summed E-state index contributed by atoms with van der Waals surface area (Å²) in [5.74, 6) is 0.238. The molecule has 0 saturated heterocycles. The Balaban J connectivity index is 1.19. The number of benzene rings is 5. The first-order valence-corrected chi connectivity index (χ1v) is 14.7. The number of aromatic nitrogens is 1. The average Bonchev–Trinajstić information content (AvgIpc) is 3.67. The summed E-state index contributed by atoms with van der Waals surface area (Å²) in [6.07, 6.45) is 1.41. The lowest BCUT2D eigenvalue weighted by atomic mass is 9.99. The van der Waals surface area contributed by atoms with Gasteiger partial charge in [-0.2, -0.15) is 5.10 Å². The number of hydrogen-bond donors (Lipinski definition) is 2. The van der Waals surface area contributed by atoms with Gasteiger partial charge in [-0.1, -0.05) is 82.1 Å². The maximum absolute atomic E-state index is 13.6. The molecule has 7 rings (SSSR count). The molecular weight excluding hydrogens is 646 g/mol. The fourth-order valence-electron chi connectivity index (χ4n) is 5.16. The Morgan fingerprint density at radius 2 is 1.73 bits per heavy atom. The van der Waals surface area contributed by atoms with Crippen molar-refractivity contribution in [2.75, 3.05) is 6.79 Å². The monoisotopic (exact) mass is 665 g/mol. The van der Waals surface area contributed by atoms with Crippen molar-refractivity contribution in [3.63, 3.8) is 0 Å². The van der Waals surface area contributed by atoms with Gasteiger partial charge in [0.2, 0.25) is 6.79 Å². The first-order valence-electron chi connectivity index (χ1n) is 13.5. The van der Waals surface area contributed by atoms with E-state index < -0.39 is 11.9 Å². The minimum absolute atomic E-state index is 0.0991. The Hall–Kier alpha value is -5.12. The maximum atomic E-state index is 13.6. The third-order valence-electron chi connectivity index (χ3n) is 7.22. The molecule has 0 spiro atoms. The summed E-state index contributed by atoms with van der Waals surface area (Å²) in [4.78, 5) is 29.9. The van der Waals surface area contributed by atoms with Gasteiger partial charge in [-0.25, -0.2) is 10.2 Å². The van der Waals surface area contributed by atoms with E-state index in [1.807, 2.05) is 54.6 Å². The van der Waals surface area contributed by atoms with Gasteiger partial charge in [-0.3, -0.25) is 4.79 Å². The molecule has 0 radical (unpaired) electrons. The zero-order chi connectivity index (χ0) is 30.2. The normalized spacial score (nSPS) is 12.2. The van der Waals surface area contributed by atoms with E-state index in [0.29, 0.717) is 38.9 Å². The first-order chi connectivity index (χ1) is 21.5. The number of carbonyl (C=O) groups is 2. The molecule has 2 N–H and O–H groups in total. The van der Waals surface area contributed by atoms with Crippen LogP contribution in [0.4, 0.5) is 0 Å². The molecule has 1 aliphatic heterocycles. The van der Waals surface area contributed by atoms with E-state index in [1.54, 1.807) is 42.5 Å². The van der Waals surface area contributed by atoms with Crippen LogP contribution in [-0.4, -0.2) is 29.9 Å². The van der Waals surface area contributed by atoms with Crippen LogP contribution >= 0.6 is 27.5 Å². The Morgan fingerprint density at radius 3 is 2.61 bits per heavy atom. The molecule has 1 aromatic heterocycles. The Morgan fingerprint density at radius 1 is 0.909 bits per heavy atom. The molecule has 0 saturated carbocycles. The topological polar surface area (TPSA) is 102 Å². The van der Waals surface area contributed by atoms with Gasteiger partial charge in [0, 0.05) is 37.0 Å². The summed E-state index contributed by atoms with van der Waals surface area (Å²) in [5, 5.41) is 7.60. The first kappa shape index (κ1) is 27.7. The number of carbonyl (C=O) groups excluding carboxylic acids is 2. The van der Waals surface area contributed by atoms with E-state index in [0.717, 1.165) is 31.7 Å². The van der Waals surface area contributed by atoms with Gasteiger partial charge in [0.15, 0.2) is 11.5 Å². The lowest BCUT2D eigenvalue weighted by Gasteiger charge is -2.09. The third kappa shape index (κ3) is 5.16. The van der Waals surface area contributed by atoms with Crippen LogP contribution < -0.4 is 19.6 Å². The van der Waals surface area contributed by atoms with Gasteiger partial charge in [-0.15, -0.1) is 0 Å². The number of rotatable bonds is 6. The SMILES string of the molecule is O=C(Oc1ccc(Br)cc1C=NNC(=O)c1[nH]c2c(ccc3ccccc32)c1-c1ccccc1Cl)c1ccc2c(c1)OCO2. The molecule has 8 nitrogen and oxygen atoms in total. The van der Waals surface area contributed by atoms with E-state index >= 15 is 0 Å². The molecule has 1 aliphatic rings. The number of ether oxygens (including phenoxy) is 3. The highest BCUT2D eigenvalue weighted by molar-refractivity contribution is 9.10. The van der Waals surface area contributed by atoms with E-state index in [9.17, 15) is 9.59 Å². The Kier molecular flexibility index (Phi) is 7.25. The number of hydrogen-bond acceptors (Lipinski definition) is 6. The third-order valence-corrected chi connectivity index (χ3v) is 8.04. The highest BCUT2D eigenvalue weighted by Crippen LogP contribution is 2.39. The fourth-order valence-corrected chi connectivity index (χ4v) is 5.77. The number of aromatic amines is 1. The fraction of sp³-hybridized carbons (Fsp3) is 0.0294. The smallest absolute Gasteiger partial charge is 0.343 e. The van der Waals surface area contributed by atoms with Crippen molar-refractivity contribution in [2.24, 2.45) is 5.10 Å². The highest BCUT2D eigenvalue weighted by Gasteiger charge is 2.22. The van der Waals surface area contributed by atoms with Gasteiger partial charge in [0.1, 0.15) is 11.4 Å². The Labute approximate surface area is 264 Å². The van der Waals surface area contributed by atoms with Gasteiger partial charge in [-0.05, 0) is 47.9 Å². The molecule has 44 heavy (non-hydrogen) atoms. The van der Waals surface area contributed by atoms with Crippen LogP contribution in [0.15, 0.2) is 107 Å². The van der Waals surface area contributed by atoms with Crippen molar-refractivity contribution in [2.45, 2.75) is 0 Å². The van der Waals surface area contributed by atoms with E-state index in [1.165, 1.54) is 6.21 Å². The largest absolute Gasteiger partial charge is 0.454 e. The average molecular weight is 667 g/mol. The minimum Gasteiger partial charge on any atom is -0.454 e. The second-order valence-electron chi connectivity index (χ2n) is 9.90. The molecule has 0 unspecified atom stereocenters. The van der Waals surface area contributed by atoms with Crippen LogP contribution in [0.1, 0.15) is 26.4 Å². The summed E-state index contributed by atoms with van der Waals surface area (Å²) >= 11 is 10.0. The molecular formula is C34H21BrClN3O5. The summed E-state index contributed by atoms with van der Waals surface area (Å²) < 4.78 is 17.1. The molecule has 1 amide bonds. The lowest BCUT2D eigenvalue weighted by Crippen LogP contribution is -2.19.